The standard InChI is InChI=1S/C25H24N2O6S/c1-3-4-11-32-23(28)15-27-24(29)22(34-25(27)30)13-17-9-10-20(21(12-17)31-2)33-16-19-8-6-5-7-18(19)14-26/h5-10,12-13H,3-4,11,15-16H2,1-2H3/b22-13-. The Balaban J connectivity index is 1.69. The lowest BCUT2D eigenvalue weighted by Crippen LogP contribution is -2.34. The molecule has 2 aromatic rings. The lowest BCUT2D eigenvalue weighted by atomic mass is 10.1. The third-order valence-corrected chi connectivity index (χ3v) is 5.84. The Kier molecular flexibility index (Phi) is 8.71. The summed E-state index contributed by atoms with van der Waals surface area (Å²) in [5.41, 5.74) is 1.90. The summed E-state index contributed by atoms with van der Waals surface area (Å²) in [6.45, 7) is 2.01. The average molecular weight is 481 g/mol. The molecule has 0 bridgehead atoms. The van der Waals surface area contributed by atoms with Crippen LogP contribution in [0.5, 0.6) is 11.5 Å². The summed E-state index contributed by atoms with van der Waals surface area (Å²) in [6, 6.07) is 14.4. The number of unbranched alkanes of at least 4 members (excludes halogenated alkanes) is 1. The van der Waals surface area contributed by atoms with Gasteiger partial charge in [-0.1, -0.05) is 37.6 Å². The second-order valence-corrected chi connectivity index (χ2v) is 8.30. The molecule has 8 nitrogen and oxygen atoms in total. The van der Waals surface area contributed by atoms with Gasteiger partial charge in [-0.2, -0.15) is 5.26 Å². The smallest absolute Gasteiger partial charge is 0.326 e. The Hall–Kier alpha value is -3.77. The van der Waals surface area contributed by atoms with Gasteiger partial charge in [-0.15, -0.1) is 0 Å². The highest BCUT2D eigenvalue weighted by atomic mass is 32.2. The minimum Gasteiger partial charge on any atom is -0.493 e. The number of carbonyl (C=O) groups is 3. The molecule has 2 aromatic carbocycles. The third-order valence-electron chi connectivity index (χ3n) is 4.93. The number of nitrogens with zero attached hydrogens (tertiary/aromatic N) is 2. The Labute approximate surface area is 202 Å². The number of methoxy groups -OCH3 is 1. The van der Waals surface area contributed by atoms with Crippen molar-refractivity contribution in [2.24, 2.45) is 0 Å². The Morgan fingerprint density at radius 2 is 1.97 bits per heavy atom. The van der Waals surface area contributed by atoms with E-state index in [0.29, 0.717) is 22.6 Å². The van der Waals surface area contributed by atoms with Crippen LogP contribution in [0.15, 0.2) is 47.4 Å². The van der Waals surface area contributed by atoms with E-state index in [2.05, 4.69) is 6.07 Å². The van der Waals surface area contributed by atoms with Crippen molar-refractivity contribution in [1.29, 1.82) is 5.26 Å². The normalized spacial score (nSPS) is 14.3. The first kappa shape index (κ1) is 24.9. The zero-order valence-corrected chi connectivity index (χ0v) is 19.7. The fraction of sp³-hybridized carbons (Fsp3) is 0.280. The van der Waals surface area contributed by atoms with Gasteiger partial charge in [-0.25, -0.2) is 0 Å². The molecule has 1 aliphatic heterocycles. The van der Waals surface area contributed by atoms with E-state index in [1.807, 2.05) is 19.1 Å². The van der Waals surface area contributed by atoms with Gasteiger partial charge in [0.1, 0.15) is 13.2 Å². The first-order valence-corrected chi connectivity index (χ1v) is 11.5. The SMILES string of the molecule is CCCCOC(=O)CN1C(=O)S/C(=C\c2ccc(OCc3ccccc3C#N)c(OC)c2)C1=O. The van der Waals surface area contributed by atoms with Crippen molar-refractivity contribution in [2.75, 3.05) is 20.3 Å². The first-order valence-electron chi connectivity index (χ1n) is 10.7. The van der Waals surface area contributed by atoms with Crippen LogP contribution in [0.1, 0.15) is 36.5 Å². The molecule has 0 spiro atoms. The Bertz CT molecular complexity index is 1150. The quantitative estimate of drug-likeness (QED) is 0.277. The van der Waals surface area contributed by atoms with Crippen LogP contribution in [0.4, 0.5) is 4.79 Å². The summed E-state index contributed by atoms with van der Waals surface area (Å²) >= 11 is 0.764. The molecule has 2 amide bonds. The van der Waals surface area contributed by atoms with Crippen LogP contribution in [-0.4, -0.2) is 42.3 Å². The van der Waals surface area contributed by atoms with Gasteiger partial charge >= 0.3 is 5.97 Å². The summed E-state index contributed by atoms with van der Waals surface area (Å²) in [5, 5.41) is 8.70. The topological polar surface area (TPSA) is 106 Å². The third kappa shape index (κ3) is 6.17. The van der Waals surface area contributed by atoms with Gasteiger partial charge in [0.05, 0.1) is 30.3 Å². The number of ether oxygens (including phenoxy) is 3. The van der Waals surface area contributed by atoms with Crippen molar-refractivity contribution >= 4 is 35.0 Å². The van der Waals surface area contributed by atoms with Crippen molar-refractivity contribution in [3.05, 3.63) is 64.1 Å². The highest BCUT2D eigenvalue weighted by Crippen LogP contribution is 2.34. The molecular weight excluding hydrogens is 456 g/mol. The first-order chi connectivity index (χ1) is 16.5. The van der Waals surface area contributed by atoms with Gasteiger partial charge in [0.2, 0.25) is 0 Å². The maximum atomic E-state index is 12.7. The van der Waals surface area contributed by atoms with E-state index in [9.17, 15) is 19.6 Å². The van der Waals surface area contributed by atoms with Crippen molar-refractivity contribution < 1.29 is 28.6 Å². The molecule has 0 N–H and O–H groups in total. The highest BCUT2D eigenvalue weighted by molar-refractivity contribution is 8.18. The molecule has 1 fully saturated rings. The monoisotopic (exact) mass is 480 g/mol. The predicted octanol–water partition coefficient (Wildman–Crippen LogP) is 4.53. The number of hydrogen-bond donors (Lipinski definition) is 0. The lowest BCUT2D eigenvalue weighted by Gasteiger charge is -2.12. The molecule has 1 saturated heterocycles. The van der Waals surface area contributed by atoms with Crippen LogP contribution in [0, 0.1) is 11.3 Å². The number of carbonyl (C=O) groups excluding carboxylic acids is 3. The zero-order chi connectivity index (χ0) is 24.5. The van der Waals surface area contributed by atoms with Crippen molar-refractivity contribution in [2.45, 2.75) is 26.4 Å². The molecule has 9 heteroatoms. The summed E-state index contributed by atoms with van der Waals surface area (Å²) < 4.78 is 16.3. The second kappa shape index (κ2) is 11.9. The van der Waals surface area contributed by atoms with Crippen molar-refractivity contribution in [1.82, 2.24) is 4.90 Å². The van der Waals surface area contributed by atoms with Crippen LogP contribution in [-0.2, 0) is 20.9 Å². The minimum atomic E-state index is -0.613. The van der Waals surface area contributed by atoms with Crippen molar-refractivity contribution in [3.8, 4) is 17.6 Å². The Morgan fingerprint density at radius 1 is 1.18 bits per heavy atom. The Morgan fingerprint density at radius 3 is 2.71 bits per heavy atom. The molecule has 0 unspecified atom stereocenters. The fourth-order valence-corrected chi connectivity index (χ4v) is 3.93. The summed E-state index contributed by atoms with van der Waals surface area (Å²) in [7, 11) is 1.49. The van der Waals surface area contributed by atoms with Gasteiger partial charge < -0.3 is 14.2 Å². The highest BCUT2D eigenvalue weighted by Gasteiger charge is 2.36. The van der Waals surface area contributed by atoms with E-state index in [0.717, 1.165) is 35.1 Å². The van der Waals surface area contributed by atoms with Crippen LogP contribution in [0.25, 0.3) is 6.08 Å². The molecular formula is C25H24N2O6S. The molecule has 0 aromatic heterocycles. The lowest BCUT2D eigenvalue weighted by molar-refractivity contribution is -0.146. The van der Waals surface area contributed by atoms with Crippen molar-refractivity contribution in [3.63, 3.8) is 0 Å². The maximum Gasteiger partial charge on any atom is 0.326 e. The molecule has 34 heavy (non-hydrogen) atoms. The fourth-order valence-electron chi connectivity index (χ4n) is 3.10. The van der Waals surface area contributed by atoms with Crippen LogP contribution >= 0.6 is 11.8 Å². The molecule has 0 radical (unpaired) electrons. The second-order valence-electron chi connectivity index (χ2n) is 7.31. The number of hydrogen-bond acceptors (Lipinski definition) is 8. The van der Waals surface area contributed by atoms with Gasteiger partial charge in [0.25, 0.3) is 11.1 Å². The molecule has 1 aliphatic rings. The van der Waals surface area contributed by atoms with E-state index in [1.54, 1.807) is 36.4 Å². The van der Waals surface area contributed by atoms with Crippen LogP contribution < -0.4 is 9.47 Å². The van der Waals surface area contributed by atoms with E-state index >= 15 is 0 Å². The van der Waals surface area contributed by atoms with E-state index < -0.39 is 23.7 Å². The van der Waals surface area contributed by atoms with Gasteiger partial charge in [-0.3, -0.25) is 19.3 Å². The molecule has 1 heterocycles. The molecule has 3 rings (SSSR count). The van der Waals surface area contributed by atoms with Crippen LogP contribution in [0.3, 0.4) is 0 Å². The molecule has 0 saturated carbocycles. The number of imide groups is 1. The van der Waals surface area contributed by atoms with E-state index in [4.69, 9.17) is 14.2 Å². The van der Waals surface area contributed by atoms with Gasteiger partial charge in [0, 0.05) is 5.56 Å². The largest absolute Gasteiger partial charge is 0.493 e. The summed E-state index contributed by atoms with van der Waals surface area (Å²) in [6.07, 6.45) is 3.16. The number of thioether (sulfide) groups is 1. The molecule has 0 atom stereocenters. The minimum absolute atomic E-state index is 0.187. The summed E-state index contributed by atoms with van der Waals surface area (Å²) in [4.78, 5) is 37.9. The molecule has 0 aliphatic carbocycles. The number of esters is 1. The van der Waals surface area contributed by atoms with E-state index in [1.165, 1.54) is 7.11 Å². The zero-order valence-electron chi connectivity index (χ0n) is 18.9. The summed E-state index contributed by atoms with van der Waals surface area (Å²) in [5.74, 6) is -0.259. The van der Waals surface area contributed by atoms with Gasteiger partial charge in [-0.05, 0) is 48.0 Å². The number of nitriles is 1. The average Bonchev–Trinajstić information content (AvgIpc) is 3.10. The molecule has 176 valence electrons. The van der Waals surface area contributed by atoms with Crippen LogP contribution in [0.2, 0.25) is 0 Å². The van der Waals surface area contributed by atoms with Gasteiger partial charge in [0.15, 0.2) is 11.5 Å². The maximum absolute atomic E-state index is 12.7. The number of amides is 2. The van der Waals surface area contributed by atoms with E-state index in [-0.39, 0.29) is 18.1 Å². The predicted molar refractivity (Wildman–Crippen MR) is 127 cm³/mol. The number of rotatable bonds is 10. The number of benzene rings is 2.